The summed E-state index contributed by atoms with van der Waals surface area (Å²) in [5, 5.41) is 0.0685. The van der Waals surface area contributed by atoms with Crippen molar-refractivity contribution < 1.29 is 9.21 Å². The number of nitrogen functional groups attached to an aromatic ring is 1. The number of carbonyl (C=O) groups is 1. The number of nitrogens with zero attached hydrogens (tertiary/aromatic N) is 1. The van der Waals surface area contributed by atoms with Crippen LogP contribution in [-0.2, 0) is 4.79 Å². The van der Waals surface area contributed by atoms with Gasteiger partial charge in [-0.05, 0) is 18.2 Å². The molecule has 0 bridgehead atoms. The number of aromatic nitrogens is 1. The maximum atomic E-state index is 10.7. The van der Waals surface area contributed by atoms with E-state index in [2.05, 4.69) is 16.8 Å². The summed E-state index contributed by atoms with van der Waals surface area (Å²) >= 11 is 1.19. The molecule has 17 heavy (non-hydrogen) atoms. The minimum Gasteiger partial charge on any atom is -0.424 e. The molecule has 0 fully saturated rings. The molecule has 0 aliphatic heterocycles. The molecule has 2 N–H and O–H groups in total. The maximum Gasteiger partial charge on any atom is 0.292 e. The second-order valence-corrected chi connectivity index (χ2v) is 4.47. The first-order valence-corrected chi connectivity index (χ1v) is 5.92. The SMILES string of the molecule is CC(=O)SCC#Cc1ccc2oc(N)nc2c1. The molecule has 1 aromatic carbocycles. The van der Waals surface area contributed by atoms with Gasteiger partial charge in [0, 0.05) is 12.5 Å². The van der Waals surface area contributed by atoms with Gasteiger partial charge in [0.1, 0.15) is 5.52 Å². The van der Waals surface area contributed by atoms with E-state index < -0.39 is 0 Å². The zero-order valence-electron chi connectivity index (χ0n) is 9.19. The lowest BCUT2D eigenvalue weighted by molar-refractivity contribution is -0.109. The molecule has 0 aliphatic rings. The number of anilines is 1. The quantitative estimate of drug-likeness (QED) is 0.780. The molecule has 0 saturated heterocycles. The molecule has 86 valence electrons. The Labute approximate surface area is 103 Å². The van der Waals surface area contributed by atoms with Gasteiger partial charge in [-0.2, -0.15) is 4.98 Å². The first-order chi connectivity index (χ1) is 8.15. The lowest BCUT2D eigenvalue weighted by Crippen LogP contribution is -1.82. The monoisotopic (exact) mass is 246 g/mol. The van der Waals surface area contributed by atoms with E-state index in [1.807, 2.05) is 6.07 Å². The smallest absolute Gasteiger partial charge is 0.292 e. The molecule has 1 heterocycles. The van der Waals surface area contributed by atoms with Crippen molar-refractivity contribution in [2.75, 3.05) is 11.5 Å². The van der Waals surface area contributed by atoms with Gasteiger partial charge in [0.05, 0.1) is 5.75 Å². The summed E-state index contributed by atoms with van der Waals surface area (Å²) in [5.41, 5.74) is 7.60. The normalized spacial score (nSPS) is 9.94. The molecule has 0 atom stereocenters. The summed E-state index contributed by atoms with van der Waals surface area (Å²) in [6, 6.07) is 5.57. The minimum absolute atomic E-state index is 0.0685. The van der Waals surface area contributed by atoms with Gasteiger partial charge in [-0.1, -0.05) is 23.6 Å². The molecular formula is C12H10N2O2S. The fraction of sp³-hybridized carbons (Fsp3) is 0.167. The van der Waals surface area contributed by atoms with Crippen LogP contribution in [-0.4, -0.2) is 15.9 Å². The van der Waals surface area contributed by atoms with Crippen LogP contribution in [0.5, 0.6) is 0 Å². The van der Waals surface area contributed by atoms with Crippen LogP contribution in [0.2, 0.25) is 0 Å². The Kier molecular flexibility index (Phi) is 3.35. The predicted octanol–water partition coefficient (Wildman–Crippen LogP) is 2.04. The molecule has 5 heteroatoms. The third-order valence-electron chi connectivity index (χ3n) is 1.98. The summed E-state index contributed by atoms with van der Waals surface area (Å²) < 4.78 is 5.15. The van der Waals surface area contributed by atoms with Gasteiger partial charge in [-0.15, -0.1) is 0 Å². The summed E-state index contributed by atoms with van der Waals surface area (Å²) in [5.74, 6) is 6.36. The lowest BCUT2D eigenvalue weighted by Gasteiger charge is -1.89. The van der Waals surface area contributed by atoms with Crippen LogP contribution >= 0.6 is 11.8 Å². The molecule has 4 nitrogen and oxygen atoms in total. The molecule has 0 radical (unpaired) electrons. The Morgan fingerprint density at radius 2 is 2.41 bits per heavy atom. The summed E-state index contributed by atoms with van der Waals surface area (Å²) in [7, 11) is 0. The number of rotatable bonds is 1. The number of benzene rings is 1. The number of hydrogen-bond donors (Lipinski definition) is 1. The highest BCUT2D eigenvalue weighted by molar-refractivity contribution is 8.13. The average Bonchev–Trinajstić information content (AvgIpc) is 2.63. The third kappa shape index (κ3) is 3.02. The van der Waals surface area contributed by atoms with Crippen LogP contribution in [0.15, 0.2) is 22.6 Å². The number of carbonyl (C=O) groups excluding carboxylic acids is 1. The van der Waals surface area contributed by atoms with Crippen LogP contribution in [0.3, 0.4) is 0 Å². The van der Waals surface area contributed by atoms with Crippen molar-refractivity contribution in [2.45, 2.75) is 6.92 Å². The van der Waals surface area contributed by atoms with E-state index in [0.29, 0.717) is 16.9 Å². The van der Waals surface area contributed by atoms with Gasteiger partial charge >= 0.3 is 0 Å². The van der Waals surface area contributed by atoms with Crippen molar-refractivity contribution in [1.29, 1.82) is 0 Å². The average molecular weight is 246 g/mol. The van der Waals surface area contributed by atoms with E-state index in [4.69, 9.17) is 10.2 Å². The second-order valence-electron chi connectivity index (χ2n) is 3.32. The Morgan fingerprint density at radius 3 is 3.18 bits per heavy atom. The Bertz CT molecular complexity index is 622. The van der Waals surface area contributed by atoms with Gasteiger partial charge in [0.2, 0.25) is 0 Å². The zero-order chi connectivity index (χ0) is 12.3. The highest BCUT2D eigenvalue weighted by Crippen LogP contribution is 2.17. The molecule has 2 aromatic rings. The van der Waals surface area contributed by atoms with Crippen molar-refractivity contribution in [3.63, 3.8) is 0 Å². The van der Waals surface area contributed by atoms with E-state index in [1.54, 1.807) is 12.1 Å². The first-order valence-electron chi connectivity index (χ1n) is 4.93. The van der Waals surface area contributed by atoms with Crippen molar-refractivity contribution in [1.82, 2.24) is 4.98 Å². The highest BCUT2D eigenvalue weighted by Gasteiger charge is 2.01. The van der Waals surface area contributed by atoms with E-state index in [-0.39, 0.29) is 11.1 Å². The standard InChI is InChI=1S/C12H10N2O2S/c1-8(15)17-6-2-3-9-4-5-11-10(7-9)14-12(13)16-11/h4-5,7H,6H2,1H3,(H2,13,14). The molecule has 0 saturated carbocycles. The largest absolute Gasteiger partial charge is 0.424 e. The highest BCUT2D eigenvalue weighted by atomic mass is 32.2. The summed E-state index contributed by atoms with van der Waals surface area (Å²) in [4.78, 5) is 14.7. The lowest BCUT2D eigenvalue weighted by atomic mass is 10.2. The molecule has 2 rings (SSSR count). The van der Waals surface area contributed by atoms with Gasteiger partial charge in [0.25, 0.3) is 6.01 Å². The topological polar surface area (TPSA) is 69.1 Å². The van der Waals surface area contributed by atoms with Crippen LogP contribution in [0.1, 0.15) is 12.5 Å². The first kappa shape index (κ1) is 11.6. The predicted molar refractivity (Wildman–Crippen MR) is 68.4 cm³/mol. The molecule has 0 unspecified atom stereocenters. The van der Waals surface area contributed by atoms with Crippen LogP contribution < -0.4 is 5.73 Å². The van der Waals surface area contributed by atoms with E-state index >= 15 is 0 Å². The zero-order valence-corrected chi connectivity index (χ0v) is 10.0. The van der Waals surface area contributed by atoms with Crippen LogP contribution in [0, 0.1) is 11.8 Å². The van der Waals surface area contributed by atoms with Gasteiger partial charge in [-0.3, -0.25) is 4.79 Å². The molecule has 0 spiro atoms. The van der Waals surface area contributed by atoms with E-state index in [1.165, 1.54) is 18.7 Å². The molecule has 0 aliphatic carbocycles. The Balaban J connectivity index is 2.16. The van der Waals surface area contributed by atoms with Crippen molar-refractivity contribution >= 4 is 34.0 Å². The Hall–Kier alpha value is -1.93. The summed E-state index contributed by atoms with van der Waals surface area (Å²) in [6.45, 7) is 1.52. The van der Waals surface area contributed by atoms with E-state index in [9.17, 15) is 4.79 Å². The van der Waals surface area contributed by atoms with Crippen LogP contribution in [0.4, 0.5) is 6.01 Å². The number of thioether (sulfide) groups is 1. The fourth-order valence-corrected chi connectivity index (χ4v) is 1.65. The molecule has 0 amide bonds. The summed E-state index contributed by atoms with van der Waals surface area (Å²) in [6.07, 6.45) is 0. The molecular weight excluding hydrogens is 236 g/mol. The fourth-order valence-electron chi connectivity index (χ4n) is 1.30. The maximum absolute atomic E-state index is 10.7. The number of hydrogen-bond acceptors (Lipinski definition) is 5. The molecule has 1 aromatic heterocycles. The number of nitrogens with two attached hydrogens (primary N) is 1. The van der Waals surface area contributed by atoms with Gasteiger partial charge in [0.15, 0.2) is 10.7 Å². The van der Waals surface area contributed by atoms with Crippen LogP contribution in [0.25, 0.3) is 11.1 Å². The minimum atomic E-state index is 0.0685. The number of oxazole rings is 1. The van der Waals surface area contributed by atoms with Crippen molar-refractivity contribution in [3.8, 4) is 11.8 Å². The van der Waals surface area contributed by atoms with Crippen molar-refractivity contribution in [2.24, 2.45) is 0 Å². The van der Waals surface area contributed by atoms with Gasteiger partial charge in [-0.25, -0.2) is 0 Å². The Morgan fingerprint density at radius 1 is 1.59 bits per heavy atom. The second kappa shape index (κ2) is 4.93. The van der Waals surface area contributed by atoms with Gasteiger partial charge < -0.3 is 10.2 Å². The third-order valence-corrected chi connectivity index (χ3v) is 2.68. The van der Waals surface area contributed by atoms with Crippen molar-refractivity contribution in [3.05, 3.63) is 23.8 Å². The van der Waals surface area contributed by atoms with E-state index in [0.717, 1.165) is 5.56 Å². The number of fused-ring (bicyclic) bond motifs is 1.